The van der Waals surface area contributed by atoms with Crippen LogP contribution in [0.1, 0.15) is 31.2 Å². The van der Waals surface area contributed by atoms with Gasteiger partial charge >= 0.3 is 0 Å². The van der Waals surface area contributed by atoms with Gasteiger partial charge in [0, 0.05) is 12.2 Å². The Bertz CT molecular complexity index is 519. The van der Waals surface area contributed by atoms with Gasteiger partial charge in [-0.15, -0.1) is 0 Å². The number of anilines is 1. The molecule has 0 spiro atoms. The zero-order chi connectivity index (χ0) is 14.1. The molecule has 1 aliphatic carbocycles. The quantitative estimate of drug-likeness (QED) is 0.673. The van der Waals surface area contributed by atoms with Crippen LogP contribution in [0.25, 0.3) is 0 Å². The lowest BCUT2D eigenvalue weighted by Crippen LogP contribution is -2.32. The number of rotatable bonds is 4. The number of nitrogens with two attached hydrogens (primary N) is 1. The van der Waals surface area contributed by atoms with Gasteiger partial charge in [0.05, 0.1) is 11.8 Å². The first-order chi connectivity index (χ1) is 9.66. The molecule has 4 heteroatoms. The van der Waals surface area contributed by atoms with Crippen LogP contribution >= 0.6 is 0 Å². The van der Waals surface area contributed by atoms with Crippen molar-refractivity contribution in [2.24, 2.45) is 11.8 Å². The Kier molecular flexibility index (Phi) is 3.47. The van der Waals surface area contributed by atoms with Crippen molar-refractivity contribution in [2.75, 3.05) is 12.3 Å². The Hall–Kier alpha value is -1.84. The van der Waals surface area contributed by atoms with Crippen LogP contribution in [-0.4, -0.2) is 23.3 Å². The lowest BCUT2D eigenvalue weighted by atomic mass is 10.00. The molecule has 2 N–H and O–H groups in total. The van der Waals surface area contributed by atoms with E-state index in [2.05, 4.69) is 0 Å². The van der Waals surface area contributed by atoms with Crippen molar-refractivity contribution in [1.82, 2.24) is 4.90 Å². The average Bonchev–Trinajstić information content (AvgIpc) is 2.98. The lowest BCUT2D eigenvalue weighted by Gasteiger charge is -2.15. The van der Waals surface area contributed by atoms with Crippen molar-refractivity contribution in [3.05, 3.63) is 29.8 Å². The highest BCUT2D eigenvalue weighted by Gasteiger charge is 2.49. The van der Waals surface area contributed by atoms with Gasteiger partial charge in [-0.05, 0) is 43.4 Å². The SMILES string of the molecule is Nc1cccc(CCCN2C(=O)C3CCCC3C2=O)c1. The van der Waals surface area contributed by atoms with Crippen LogP contribution in [-0.2, 0) is 16.0 Å². The molecule has 2 unspecified atom stereocenters. The number of nitrogens with zero attached hydrogens (tertiary/aromatic N) is 1. The minimum absolute atomic E-state index is 0.0186. The van der Waals surface area contributed by atoms with E-state index in [0.717, 1.165) is 43.4 Å². The number of carbonyl (C=O) groups excluding carboxylic acids is 2. The Balaban J connectivity index is 1.56. The Morgan fingerprint density at radius 3 is 2.50 bits per heavy atom. The summed E-state index contributed by atoms with van der Waals surface area (Å²) in [6.45, 7) is 0.541. The predicted molar refractivity (Wildman–Crippen MR) is 76.7 cm³/mol. The number of hydrogen-bond acceptors (Lipinski definition) is 3. The number of fused-ring (bicyclic) bond motifs is 1. The van der Waals surface area contributed by atoms with Gasteiger partial charge < -0.3 is 5.73 Å². The second-order valence-electron chi connectivity index (χ2n) is 5.82. The molecular weight excluding hydrogens is 252 g/mol. The maximum absolute atomic E-state index is 12.2. The number of amides is 2. The van der Waals surface area contributed by atoms with E-state index in [9.17, 15) is 9.59 Å². The van der Waals surface area contributed by atoms with Crippen LogP contribution in [0.3, 0.4) is 0 Å². The molecule has 1 aliphatic heterocycles. The average molecular weight is 272 g/mol. The Labute approximate surface area is 118 Å². The van der Waals surface area contributed by atoms with Gasteiger partial charge in [0.2, 0.25) is 11.8 Å². The number of aryl methyl sites for hydroxylation is 1. The fraction of sp³-hybridized carbons (Fsp3) is 0.500. The van der Waals surface area contributed by atoms with E-state index in [0.29, 0.717) is 6.54 Å². The third kappa shape index (κ3) is 2.30. The van der Waals surface area contributed by atoms with E-state index >= 15 is 0 Å². The molecule has 2 aliphatic rings. The smallest absolute Gasteiger partial charge is 0.233 e. The number of hydrogen-bond donors (Lipinski definition) is 1. The predicted octanol–water partition coefficient (Wildman–Crippen LogP) is 1.99. The maximum atomic E-state index is 12.2. The summed E-state index contributed by atoms with van der Waals surface area (Å²) in [6.07, 6.45) is 4.45. The molecule has 0 radical (unpaired) electrons. The van der Waals surface area contributed by atoms with E-state index in [1.165, 1.54) is 4.90 Å². The molecule has 1 aromatic carbocycles. The minimum Gasteiger partial charge on any atom is -0.399 e. The summed E-state index contributed by atoms with van der Waals surface area (Å²) in [7, 11) is 0. The highest BCUT2D eigenvalue weighted by atomic mass is 16.2. The van der Waals surface area contributed by atoms with E-state index in [4.69, 9.17) is 5.73 Å². The van der Waals surface area contributed by atoms with Crippen LogP contribution < -0.4 is 5.73 Å². The highest BCUT2D eigenvalue weighted by Crippen LogP contribution is 2.39. The third-order valence-corrected chi connectivity index (χ3v) is 4.48. The molecule has 2 fully saturated rings. The van der Waals surface area contributed by atoms with Crippen molar-refractivity contribution < 1.29 is 9.59 Å². The molecule has 106 valence electrons. The largest absolute Gasteiger partial charge is 0.399 e. The second-order valence-corrected chi connectivity index (χ2v) is 5.82. The molecule has 1 saturated heterocycles. The maximum Gasteiger partial charge on any atom is 0.233 e. The first-order valence-corrected chi connectivity index (χ1v) is 7.36. The highest BCUT2D eigenvalue weighted by molar-refractivity contribution is 6.05. The molecule has 0 aromatic heterocycles. The van der Waals surface area contributed by atoms with E-state index < -0.39 is 0 Å². The summed E-state index contributed by atoms with van der Waals surface area (Å²) >= 11 is 0. The first kappa shape index (κ1) is 13.2. The van der Waals surface area contributed by atoms with Crippen molar-refractivity contribution >= 4 is 17.5 Å². The zero-order valence-electron chi connectivity index (χ0n) is 11.5. The standard InChI is InChI=1S/C16H20N2O2/c17-12-6-1-4-11(10-12)5-3-9-18-15(19)13-7-2-8-14(13)16(18)20/h1,4,6,10,13-14H,2-3,5,7-9,17H2. The summed E-state index contributed by atoms with van der Waals surface area (Å²) in [4.78, 5) is 25.8. The van der Waals surface area contributed by atoms with Crippen LogP contribution in [0.5, 0.6) is 0 Å². The van der Waals surface area contributed by atoms with Crippen LogP contribution in [0.15, 0.2) is 24.3 Å². The van der Waals surface area contributed by atoms with Crippen LogP contribution in [0.2, 0.25) is 0 Å². The molecular formula is C16H20N2O2. The van der Waals surface area contributed by atoms with E-state index in [-0.39, 0.29) is 23.7 Å². The van der Waals surface area contributed by atoms with Gasteiger partial charge in [0.1, 0.15) is 0 Å². The molecule has 2 atom stereocenters. The number of nitrogen functional groups attached to an aromatic ring is 1. The summed E-state index contributed by atoms with van der Waals surface area (Å²) in [6, 6.07) is 7.76. The minimum atomic E-state index is -0.0186. The summed E-state index contributed by atoms with van der Waals surface area (Å²) in [5.74, 6) is 0.0832. The monoisotopic (exact) mass is 272 g/mol. The number of likely N-dealkylation sites (tertiary alicyclic amines) is 1. The Morgan fingerprint density at radius 2 is 1.85 bits per heavy atom. The summed E-state index contributed by atoms with van der Waals surface area (Å²) < 4.78 is 0. The summed E-state index contributed by atoms with van der Waals surface area (Å²) in [5.41, 5.74) is 7.65. The zero-order valence-corrected chi connectivity index (χ0v) is 11.5. The third-order valence-electron chi connectivity index (χ3n) is 4.48. The van der Waals surface area contributed by atoms with E-state index in [1.807, 2.05) is 24.3 Å². The molecule has 3 rings (SSSR count). The normalized spacial score (nSPS) is 25.3. The fourth-order valence-corrected chi connectivity index (χ4v) is 3.47. The lowest BCUT2D eigenvalue weighted by molar-refractivity contribution is -0.140. The molecule has 1 aromatic rings. The van der Waals surface area contributed by atoms with Gasteiger partial charge in [-0.2, -0.15) is 0 Å². The Morgan fingerprint density at radius 1 is 1.15 bits per heavy atom. The number of imide groups is 1. The van der Waals surface area contributed by atoms with Gasteiger partial charge in [0.15, 0.2) is 0 Å². The molecule has 1 saturated carbocycles. The van der Waals surface area contributed by atoms with E-state index in [1.54, 1.807) is 0 Å². The van der Waals surface area contributed by atoms with Gasteiger partial charge in [0.25, 0.3) is 0 Å². The van der Waals surface area contributed by atoms with Gasteiger partial charge in [-0.25, -0.2) is 0 Å². The van der Waals surface area contributed by atoms with Crippen molar-refractivity contribution in [2.45, 2.75) is 32.1 Å². The van der Waals surface area contributed by atoms with Gasteiger partial charge in [-0.3, -0.25) is 14.5 Å². The second kappa shape index (κ2) is 5.27. The molecule has 4 nitrogen and oxygen atoms in total. The van der Waals surface area contributed by atoms with Crippen molar-refractivity contribution in [3.63, 3.8) is 0 Å². The molecule has 2 amide bonds. The molecule has 0 bridgehead atoms. The topological polar surface area (TPSA) is 63.4 Å². The number of benzene rings is 1. The van der Waals surface area contributed by atoms with Crippen molar-refractivity contribution in [3.8, 4) is 0 Å². The molecule has 1 heterocycles. The fourth-order valence-electron chi connectivity index (χ4n) is 3.47. The molecule has 20 heavy (non-hydrogen) atoms. The summed E-state index contributed by atoms with van der Waals surface area (Å²) in [5, 5.41) is 0. The van der Waals surface area contributed by atoms with Crippen LogP contribution in [0.4, 0.5) is 5.69 Å². The number of carbonyl (C=O) groups is 2. The first-order valence-electron chi connectivity index (χ1n) is 7.36. The van der Waals surface area contributed by atoms with Crippen LogP contribution in [0, 0.1) is 11.8 Å². The van der Waals surface area contributed by atoms with Crippen molar-refractivity contribution in [1.29, 1.82) is 0 Å². The van der Waals surface area contributed by atoms with Gasteiger partial charge in [-0.1, -0.05) is 18.6 Å².